The molecule has 182 valence electrons. The molecule has 7 heteroatoms. The summed E-state index contributed by atoms with van der Waals surface area (Å²) in [6.07, 6.45) is 5.10. The van der Waals surface area contributed by atoms with Gasteiger partial charge in [-0.15, -0.1) is 0 Å². The minimum absolute atomic E-state index is 0.103. The van der Waals surface area contributed by atoms with E-state index in [1.807, 2.05) is 21.9 Å². The smallest absolute Gasteiger partial charge is 0.257 e. The van der Waals surface area contributed by atoms with Crippen LogP contribution in [-0.4, -0.2) is 61.5 Å². The monoisotopic (exact) mass is 468 g/mol. The van der Waals surface area contributed by atoms with Crippen LogP contribution in [0.1, 0.15) is 48.9 Å². The van der Waals surface area contributed by atoms with Gasteiger partial charge in [-0.1, -0.05) is 12.1 Å². The Kier molecular flexibility index (Phi) is 7.70. The standard InChI is InChI=1S/C27H33FN2O4/c1-33-24-9-4-3-8-23(24)26(32)30-17-7-14-27(19-30,18-25(31)29-15-5-2-6-16-29)20-34-22-12-10-21(28)11-13-22/h3-4,8-13H,2,5-7,14-20H2,1H3. The zero-order valence-electron chi connectivity index (χ0n) is 19.8. The lowest BCUT2D eigenvalue weighted by Gasteiger charge is -2.43. The van der Waals surface area contributed by atoms with Crippen LogP contribution < -0.4 is 9.47 Å². The molecule has 0 N–H and O–H groups in total. The molecular formula is C27H33FN2O4. The molecule has 34 heavy (non-hydrogen) atoms. The second kappa shape index (κ2) is 10.9. The SMILES string of the molecule is COc1ccccc1C(=O)N1CCCC(COc2ccc(F)cc2)(CC(=O)N2CCCCC2)C1. The van der Waals surface area contributed by atoms with E-state index >= 15 is 0 Å². The van der Waals surface area contributed by atoms with Crippen LogP contribution in [0.25, 0.3) is 0 Å². The number of benzene rings is 2. The van der Waals surface area contributed by atoms with Gasteiger partial charge in [0.1, 0.15) is 17.3 Å². The Balaban J connectivity index is 1.54. The van der Waals surface area contributed by atoms with Gasteiger partial charge in [-0.05, 0) is 68.5 Å². The van der Waals surface area contributed by atoms with Crippen LogP contribution in [0.4, 0.5) is 4.39 Å². The first-order valence-corrected chi connectivity index (χ1v) is 12.1. The van der Waals surface area contributed by atoms with Crippen molar-refractivity contribution in [2.24, 2.45) is 5.41 Å². The Hall–Kier alpha value is -3.09. The first kappa shape index (κ1) is 24.0. The molecule has 2 aromatic carbocycles. The number of nitrogens with zero attached hydrogens (tertiary/aromatic N) is 2. The molecule has 0 spiro atoms. The molecule has 2 amide bonds. The van der Waals surface area contributed by atoms with Gasteiger partial charge in [0.15, 0.2) is 0 Å². The molecule has 0 saturated carbocycles. The molecule has 2 aromatic rings. The Bertz CT molecular complexity index is 990. The molecule has 0 aliphatic carbocycles. The molecule has 4 rings (SSSR count). The van der Waals surface area contributed by atoms with Crippen molar-refractivity contribution in [3.63, 3.8) is 0 Å². The highest BCUT2D eigenvalue weighted by atomic mass is 19.1. The number of rotatable bonds is 7. The van der Waals surface area contributed by atoms with Crippen molar-refractivity contribution < 1.29 is 23.5 Å². The number of piperidine rings is 2. The van der Waals surface area contributed by atoms with E-state index in [2.05, 4.69) is 0 Å². The van der Waals surface area contributed by atoms with Gasteiger partial charge in [-0.25, -0.2) is 4.39 Å². The van der Waals surface area contributed by atoms with E-state index in [-0.39, 0.29) is 24.2 Å². The molecule has 1 atom stereocenters. The number of carbonyl (C=O) groups excluding carboxylic acids is 2. The summed E-state index contributed by atoms with van der Waals surface area (Å²) < 4.78 is 24.8. The molecule has 0 aromatic heterocycles. The first-order chi connectivity index (χ1) is 16.5. The Labute approximate surface area is 200 Å². The number of amides is 2. The van der Waals surface area contributed by atoms with Gasteiger partial charge in [-0.2, -0.15) is 0 Å². The molecule has 2 saturated heterocycles. The number of carbonyl (C=O) groups is 2. The molecule has 6 nitrogen and oxygen atoms in total. The largest absolute Gasteiger partial charge is 0.496 e. The summed E-state index contributed by atoms with van der Waals surface area (Å²) in [6.45, 7) is 2.90. The minimum Gasteiger partial charge on any atom is -0.496 e. The fraction of sp³-hybridized carbons (Fsp3) is 0.481. The molecule has 1 unspecified atom stereocenters. The van der Waals surface area contributed by atoms with Gasteiger partial charge in [-0.3, -0.25) is 9.59 Å². The number of methoxy groups -OCH3 is 1. The molecule has 2 fully saturated rings. The number of hydrogen-bond donors (Lipinski definition) is 0. The number of ether oxygens (including phenoxy) is 2. The highest BCUT2D eigenvalue weighted by molar-refractivity contribution is 5.97. The van der Waals surface area contributed by atoms with E-state index in [0.29, 0.717) is 36.6 Å². The molecule has 2 heterocycles. The van der Waals surface area contributed by atoms with Crippen LogP contribution in [0.5, 0.6) is 11.5 Å². The van der Waals surface area contributed by atoms with Crippen LogP contribution in [0, 0.1) is 11.2 Å². The van der Waals surface area contributed by atoms with Crippen molar-refractivity contribution in [3.05, 3.63) is 59.9 Å². The maximum absolute atomic E-state index is 13.4. The van der Waals surface area contributed by atoms with E-state index in [4.69, 9.17) is 9.47 Å². The summed E-state index contributed by atoms with van der Waals surface area (Å²) >= 11 is 0. The molecule has 2 aliphatic rings. The van der Waals surface area contributed by atoms with Crippen molar-refractivity contribution in [2.75, 3.05) is 39.9 Å². The van der Waals surface area contributed by atoms with Crippen LogP contribution in [0.15, 0.2) is 48.5 Å². The van der Waals surface area contributed by atoms with Crippen molar-refractivity contribution in [1.82, 2.24) is 9.80 Å². The maximum Gasteiger partial charge on any atom is 0.257 e. The quantitative estimate of drug-likeness (QED) is 0.599. The Morgan fingerprint density at radius 1 is 0.941 bits per heavy atom. The Morgan fingerprint density at radius 3 is 2.38 bits per heavy atom. The number of hydrogen-bond acceptors (Lipinski definition) is 4. The maximum atomic E-state index is 13.4. The van der Waals surface area contributed by atoms with Crippen molar-refractivity contribution in [1.29, 1.82) is 0 Å². The van der Waals surface area contributed by atoms with Crippen molar-refractivity contribution in [2.45, 2.75) is 38.5 Å². The van der Waals surface area contributed by atoms with E-state index in [9.17, 15) is 14.0 Å². The lowest BCUT2D eigenvalue weighted by Crippen LogP contribution is -2.51. The predicted molar refractivity (Wildman–Crippen MR) is 128 cm³/mol. The van der Waals surface area contributed by atoms with Gasteiger partial charge >= 0.3 is 0 Å². The second-order valence-corrected chi connectivity index (χ2v) is 9.39. The summed E-state index contributed by atoms with van der Waals surface area (Å²) in [4.78, 5) is 30.5. The van der Waals surface area contributed by atoms with Crippen LogP contribution >= 0.6 is 0 Å². The van der Waals surface area contributed by atoms with Gasteiger partial charge in [0.2, 0.25) is 5.91 Å². The third-order valence-corrected chi connectivity index (χ3v) is 6.88. The van der Waals surface area contributed by atoms with Gasteiger partial charge in [0, 0.05) is 38.0 Å². The number of para-hydroxylation sites is 1. The van der Waals surface area contributed by atoms with E-state index < -0.39 is 5.41 Å². The Morgan fingerprint density at radius 2 is 1.65 bits per heavy atom. The third-order valence-electron chi connectivity index (χ3n) is 6.88. The summed E-state index contributed by atoms with van der Waals surface area (Å²) in [5.74, 6) is 0.784. The summed E-state index contributed by atoms with van der Waals surface area (Å²) in [5, 5.41) is 0. The number of likely N-dealkylation sites (tertiary alicyclic amines) is 2. The molecule has 2 aliphatic heterocycles. The van der Waals surface area contributed by atoms with Crippen molar-refractivity contribution in [3.8, 4) is 11.5 Å². The van der Waals surface area contributed by atoms with Crippen LogP contribution in [-0.2, 0) is 4.79 Å². The summed E-state index contributed by atoms with van der Waals surface area (Å²) in [7, 11) is 1.56. The topological polar surface area (TPSA) is 59.1 Å². The fourth-order valence-corrected chi connectivity index (χ4v) is 5.03. The average molecular weight is 469 g/mol. The second-order valence-electron chi connectivity index (χ2n) is 9.39. The highest BCUT2D eigenvalue weighted by Crippen LogP contribution is 2.37. The molecular weight excluding hydrogens is 435 g/mol. The zero-order chi connectivity index (χ0) is 24.0. The van der Waals surface area contributed by atoms with E-state index in [1.54, 1.807) is 31.4 Å². The zero-order valence-corrected chi connectivity index (χ0v) is 19.8. The summed E-state index contributed by atoms with van der Waals surface area (Å²) in [5.41, 5.74) is 0.00127. The van der Waals surface area contributed by atoms with E-state index in [1.165, 1.54) is 12.1 Å². The number of halogens is 1. The lowest BCUT2D eigenvalue weighted by atomic mass is 9.77. The molecule has 0 radical (unpaired) electrons. The normalized spacial score (nSPS) is 20.6. The third kappa shape index (κ3) is 5.69. The van der Waals surface area contributed by atoms with Gasteiger partial charge in [0.05, 0.1) is 19.3 Å². The minimum atomic E-state index is -0.515. The summed E-state index contributed by atoms with van der Waals surface area (Å²) in [6, 6.07) is 13.1. The molecule has 0 bridgehead atoms. The van der Waals surface area contributed by atoms with E-state index in [0.717, 1.165) is 45.2 Å². The average Bonchev–Trinajstić information content (AvgIpc) is 2.88. The lowest BCUT2D eigenvalue weighted by molar-refractivity contribution is -0.136. The van der Waals surface area contributed by atoms with Gasteiger partial charge in [0.25, 0.3) is 5.91 Å². The predicted octanol–water partition coefficient (Wildman–Crippen LogP) is 4.54. The van der Waals surface area contributed by atoms with Gasteiger partial charge < -0.3 is 19.3 Å². The highest BCUT2D eigenvalue weighted by Gasteiger charge is 2.41. The fourth-order valence-electron chi connectivity index (χ4n) is 5.03. The first-order valence-electron chi connectivity index (χ1n) is 12.1. The van der Waals surface area contributed by atoms with Crippen molar-refractivity contribution >= 4 is 11.8 Å². The van der Waals surface area contributed by atoms with Crippen LogP contribution in [0.3, 0.4) is 0 Å². The van der Waals surface area contributed by atoms with Crippen LogP contribution in [0.2, 0.25) is 0 Å².